The summed E-state index contributed by atoms with van der Waals surface area (Å²) < 4.78 is 5.92. The fraction of sp³-hybridized carbons (Fsp3) is 0.179. The molecule has 4 aromatic rings. The van der Waals surface area contributed by atoms with Crippen LogP contribution < -0.4 is 15.0 Å². The van der Waals surface area contributed by atoms with Crippen molar-refractivity contribution in [2.45, 2.75) is 19.3 Å². The van der Waals surface area contributed by atoms with Crippen LogP contribution in [-0.2, 0) is 0 Å². The van der Waals surface area contributed by atoms with Gasteiger partial charge in [-0.05, 0) is 67.8 Å². The maximum absolute atomic E-state index is 12.9. The van der Waals surface area contributed by atoms with Gasteiger partial charge in [-0.25, -0.2) is 0 Å². The molecule has 3 aromatic carbocycles. The normalized spacial score (nSPS) is 13.4. The molecule has 0 aliphatic carbocycles. The van der Waals surface area contributed by atoms with Gasteiger partial charge in [0.2, 0.25) is 0 Å². The number of nitrogens with one attached hydrogen (secondary N) is 1. The monoisotopic (exact) mass is 450 g/mol. The standard InChI is InChI=1S/C28H26N4O2/c33-28(24-11-5-6-12-26(24)34-23-9-3-1-4-10-23)29-22-15-13-21(14-16-22)25-17-18-27(31-30-25)32-19-7-2-8-20-32/h1,3-6,9-18H,2,7-8,19-20H2,(H,29,33). The molecule has 0 unspecified atom stereocenters. The third-order valence-electron chi connectivity index (χ3n) is 5.87. The molecule has 1 amide bonds. The van der Waals surface area contributed by atoms with Crippen LogP contribution in [0, 0.1) is 0 Å². The van der Waals surface area contributed by atoms with E-state index in [9.17, 15) is 4.79 Å². The number of rotatable bonds is 6. The highest BCUT2D eigenvalue weighted by Crippen LogP contribution is 2.27. The summed E-state index contributed by atoms with van der Waals surface area (Å²) >= 11 is 0. The summed E-state index contributed by atoms with van der Waals surface area (Å²) in [6, 6.07) is 28.3. The number of nitrogens with zero attached hydrogens (tertiary/aromatic N) is 3. The smallest absolute Gasteiger partial charge is 0.259 e. The highest BCUT2D eigenvalue weighted by atomic mass is 16.5. The maximum Gasteiger partial charge on any atom is 0.259 e. The van der Waals surface area contributed by atoms with Crippen LogP contribution in [0.5, 0.6) is 11.5 Å². The summed E-state index contributed by atoms with van der Waals surface area (Å²) in [5.74, 6) is 1.89. The number of benzene rings is 3. The second-order valence-corrected chi connectivity index (χ2v) is 8.27. The van der Waals surface area contributed by atoms with Crippen LogP contribution in [-0.4, -0.2) is 29.2 Å². The number of ether oxygens (including phenoxy) is 1. The molecule has 0 bridgehead atoms. The second kappa shape index (κ2) is 10.2. The van der Waals surface area contributed by atoms with Gasteiger partial charge in [0.25, 0.3) is 5.91 Å². The van der Waals surface area contributed by atoms with E-state index in [2.05, 4.69) is 20.4 Å². The molecule has 34 heavy (non-hydrogen) atoms. The lowest BCUT2D eigenvalue weighted by molar-refractivity contribution is 0.102. The van der Waals surface area contributed by atoms with Gasteiger partial charge in [-0.15, -0.1) is 10.2 Å². The highest BCUT2D eigenvalue weighted by Gasteiger charge is 2.14. The molecule has 6 nitrogen and oxygen atoms in total. The van der Waals surface area contributed by atoms with Gasteiger partial charge in [-0.3, -0.25) is 4.79 Å². The number of anilines is 2. The Bertz CT molecular complexity index is 1240. The van der Waals surface area contributed by atoms with Crippen molar-refractivity contribution in [2.75, 3.05) is 23.3 Å². The zero-order valence-electron chi connectivity index (χ0n) is 18.9. The number of para-hydroxylation sites is 2. The van der Waals surface area contributed by atoms with Gasteiger partial charge >= 0.3 is 0 Å². The van der Waals surface area contributed by atoms with Crippen molar-refractivity contribution >= 4 is 17.4 Å². The molecule has 0 atom stereocenters. The third kappa shape index (κ3) is 5.07. The Hall–Kier alpha value is -4.19. The van der Waals surface area contributed by atoms with Gasteiger partial charge in [0.05, 0.1) is 11.3 Å². The summed E-state index contributed by atoms with van der Waals surface area (Å²) in [6.07, 6.45) is 3.70. The van der Waals surface area contributed by atoms with Gasteiger partial charge in [0.1, 0.15) is 11.5 Å². The molecule has 1 aromatic heterocycles. The van der Waals surface area contributed by atoms with Crippen LogP contribution in [0.3, 0.4) is 0 Å². The predicted octanol–water partition coefficient (Wildman–Crippen LogP) is 6.18. The zero-order chi connectivity index (χ0) is 23.2. The Balaban J connectivity index is 1.26. The lowest BCUT2D eigenvalue weighted by atomic mass is 10.1. The first-order chi connectivity index (χ1) is 16.8. The molecule has 1 aliphatic heterocycles. The van der Waals surface area contributed by atoms with E-state index in [0.717, 1.165) is 30.2 Å². The first kappa shape index (κ1) is 21.6. The van der Waals surface area contributed by atoms with Crippen LogP contribution in [0.2, 0.25) is 0 Å². The summed E-state index contributed by atoms with van der Waals surface area (Å²) in [7, 11) is 0. The van der Waals surface area contributed by atoms with E-state index in [0.29, 0.717) is 22.7 Å². The summed E-state index contributed by atoms with van der Waals surface area (Å²) in [5, 5.41) is 11.8. The predicted molar refractivity (Wildman–Crippen MR) is 134 cm³/mol. The fourth-order valence-electron chi connectivity index (χ4n) is 4.05. The molecule has 0 radical (unpaired) electrons. The van der Waals surface area contributed by atoms with Crippen LogP contribution in [0.4, 0.5) is 11.5 Å². The van der Waals surface area contributed by atoms with Crippen molar-refractivity contribution in [2.24, 2.45) is 0 Å². The minimum atomic E-state index is -0.232. The third-order valence-corrected chi connectivity index (χ3v) is 5.87. The molecule has 0 spiro atoms. The molecule has 2 heterocycles. The number of carbonyl (C=O) groups is 1. The van der Waals surface area contributed by atoms with Crippen LogP contribution in [0.1, 0.15) is 29.6 Å². The van der Waals surface area contributed by atoms with Crippen LogP contribution in [0.25, 0.3) is 11.3 Å². The fourth-order valence-corrected chi connectivity index (χ4v) is 4.05. The van der Waals surface area contributed by atoms with E-state index in [-0.39, 0.29) is 5.91 Å². The maximum atomic E-state index is 12.9. The topological polar surface area (TPSA) is 67.4 Å². The average molecular weight is 451 g/mol. The minimum absolute atomic E-state index is 0.232. The summed E-state index contributed by atoms with van der Waals surface area (Å²) in [4.78, 5) is 15.2. The number of amides is 1. The Morgan fingerprint density at radius 1 is 0.765 bits per heavy atom. The van der Waals surface area contributed by atoms with Crippen molar-refractivity contribution in [3.05, 3.63) is 96.6 Å². The van der Waals surface area contributed by atoms with Gasteiger partial charge in [0.15, 0.2) is 5.82 Å². The van der Waals surface area contributed by atoms with Crippen LogP contribution in [0.15, 0.2) is 91.0 Å². The van der Waals surface area contributed by atoms with Gasteiger partial charge < -0.3 is 15.0 Å². The van der Waals surface area contributed by atoms with Crippen molar-refractivity contribution < 1.29 is 9.53 Å². The van der Waals surface area contributed by atoms with Crippen molar-refractivity contribution in [1.82, 2.24) is 10.2 Å². The van der Waals surface area contributed by atoms with E-state index in [4.69, 9.17) is 4.74 Å². The molecular weight excluding hydrogens is 424 g/mol. The zero-order valence-corrected chi connectivity index (χ0v) is 18.9. The summed E-state index contributed by atoms with van der Waals surface area (Å²) in [5.41, 5.74) is 2.92. The number of carbonyl (C=O) groups excluding carboxylic acids is 1. The lowest BCUT2D eigenvalue weighted by Gasteiger charge is -2.27. The molecular formula is C28H26N4O2. The molecule has 0 saturated carbocycles. The number of hydrogen-bond donors (Lipinski definition) is 1. The Morgan fingerprint density at radius 2 is 1.50 bits per heavy atom. The quantitative estimate of drug-likeness (QED) is 0.380. The summed E-state index contributed by atoms with van der Waals surface area (Å²) in [6.45, 7) is 2.09. The largest absolute Gasteiger partial charge is 0.457 e. The highest BCUT2D eigenvalue weighted by molar-refractivity contribution is 6.06. The number of aromatic nitrogens is 2. The van der Waals surface area contributed by atoms with Gasteiger partial charge in [0, 0.05) is 24.3 Å². The Morgan fingerprint density at radius 3 is 2.24 bits per heavy atom. The van der Waals surface area contributed by atoms with Crippen molar-refractivity contribution in [3.63, 3.8) is 0 Å². The molecule has 6 heteroatoms. The van der Waals surface area contributed by atoms with Crippen molar-refractivity contribution in [1.29, 1.82) is 0 Å². The second-order valence-electron chi connectivity index (χ2n) is 8.27. The molecule has 170 valence electrons. The van der Waals surface area contributed by atoms with Crippen LogP contribution >= 0.6 is 0 Å². The van der Waals surface area contributed by atoms with E-state index >= 15 is 0 Å². The number of piperidine rings is 1. The van der Waals surface area contributed by atoms with Crippen molar-refractivity contribution in [3.8, 4) is 22.8 Å². The first-order valence-corrected chi connectivity index (χ1v) is 11.6. The molecule has 1 aliphatic rings. The average Bonchev–Trinajstić information content (AvgIpc) is 2.91. The Labute approximate surface area is 199 Å². The van der Waals surface area contributed by atoms with Gasteiger partial charge in [-0.1, -0.05) is 42.5 Å². The SMILES string of the molecule is O=C(Nc1ccc(-c2ccc(N3CCCCC3)nn2)cc1)c1ccccc1Oc1ccccc1. The van der Waals surface area contributed by atoms with E-state index < -0.39 is 0 Å². The molecule has 1 N–H and O–H groups in total. The first-order valence-electron chi connectivity index (χ1n) is 11.6. The minimum Gasteiger partial charge on any atom is -0.457 e. The van der Waals surface area contributed by atoms with E-state index in [1.54, 1.807) is 12.1 Å². The van der Waals surface area contributed by atoms with E-state index in [1.807, 2.05) is 78.9 Å². The molecule has 1 fully saturated rings. The Kier molecular flexibility index (Phi) is 6.47. The molecule has 5 rings (SSSR count). The number of hydrogen-bond acceptors (Lipinski definition) is 5. The lowest BCUT2D eigenvalue weighted by Crippen LogP contribution is -2.30. The van der Waals surface area contributed by atoms with E-state index in [1.165, 1.54) is 19.3 Å². The van der Waals surface area contributed by atoms with Gasteiger partial charge in [-0.2, -0.15) is 0 Å². The molecule has 1 saturated heterocycles.